The van der Waals surface area contributed by atoms with Crippen molar-refractivity contribution in [2.24, 2.45) is 0 Å². The van der Waals surface area contributed by atoms with E-state index in [1.807, 2.05) is 21.1 Å². The molecule has 0 aromatic heterocycles. The monoisotopic (exact) mass is 680 g/mol. The van der Waals surface area contributed by atoms with E-state index in [1.165, 1.54) is 161 Å². The normalized spacial score (nSPS) is 13.9. The third-order valence-electron chi connectivity index (χ3n) is 10.7. The third kappa shape index (κ3) is 26.9. The van der Waals surface area contributed by atoms with Crippen LogP contribution in [0.2, 0.25) is 0 Å². The molecular formula is C43H85NO4. The number of hydrogen-bond acceptors (Lipinski definition) is 4. The molecule has 0 spiro atoms. The molecule has 0 saturated heterocycles. The lowest BCUT2D eigenvalue weighted by atomic mass is 9.80. The van der Waals surface area contributed by atoms with Gasteiger partial charge in [-0.2, -0.15) is 0 Å². The SMILES string of the molecule is CCCCCCCCCCCCCCCCCCC(C(O)(CC(=O)[O-])C(=O)CCCCCCCCCCCCCCCCC)[N+](C)(C)C. The molecule has 0 rings (SSSR count). The lowest BCUT2D eigenvalue weighted by Crippen LogP contribution is -2.63. The molecule has 0 heterocycles. The Morgan fingerprint density at radius 3 is 1.04 bits per heavy atom. The summed E-state index contributed by atoms with van der Waals surface area (Å²) in [6.45, 7) is 4.54. The number of carboxylic acid groups (broad SMARTS) is 1. The van der Waals surface area contributed by atoms with E-state index in [0.717, 1.165) is 38.5 Å². The molecular weight excluding hydrogens is 594 g/mol. The Labute approximate surface area is 300 Å². The van der Waals surface area contributed by atoms with Crippen molar-refractivity contribution in [3.63, 3.8) is 0 Å². The molecule has 2 unspecified atom stereocenters. The molecule has 0 amide bonds. The summed E-state index contributed by atoms with van der Waals surface area (Å²) >= 11 is 0. The first-order chi connectivity index (χ1) is 23.1. The van der Waals surface area contributed by atoms with E-state index in [9.17, 15) is 19.8 Å². The molecule has 286 valence electrons. The number of carboxylic acids is 1. The Kier molecular flexibility index (Phi) is 31.4. The van der Waals surface area contributed by atoms with Crippen LogP contribution in [-0.2, 0) is 9.59 Å². The summed E-state index contributed by atoms with van der Waals surface area (Å²) in [7, 11) is 5.91. The molecule has 0 aliphatic rings. The molecule has 0 aliphatic heterocycles. The van der Waals surface area contributed by atoms with Crippen molar-refractivity contribution in [1.82, 2.24) is 0 Å². The van der Waals surface area contributed by atoms with E-state index in [2.05, 4.69) is 13.8 Å². The largest absolute Gasteiger partial charge is 0.550 e. The van der Waals surface area contributed by atoms with Crippen LogP contribution in [0.25, 0.3) is 0 Å². The van der Waals surface area contributed by atoms with Gasteiger partial charge in [0.1, 0.15) is 6.04 Å². The Balaban J connectivity index is 4.26. The Hall–Kier alpha value is -0.940. The topological polar surface area (TPSA) is 77.4 Å². The molecule has 48 heavy (non-hydrogen) atoms. The number of aliphatic carboxylic acids is 1. The highest BCUT2D eigenvalue weighted by molar-refractivity contribution is 5.91. The van der Waals surface area contributed by atoms with Gasteiger partial charge in [-0.15, -0.1) is 0 Å². The molecule has 0 saturated carbocycles. The second-order valence-corrected chi connectivity index (χ2v) is 16.3. The van der Waals surface area contributed by atoms with E-state index >= 15 is 0 Å². The molecule has 0 aliphatic carbocycles. The lowest BCUT2D eigenvalue weighted by Gasteiger charge is -2.44. The van der Waals surface area contributed by atoms with E-state index in [-0.39, 0.29) is 12.2 Å². The highest BCUT2D eigenvalue weighted by Gasteiger charge is 2.49. The molecule has 5 heteroatoms. The first-order valence-electron chi connectivity index (χ1n) is 21.4. The predicted octanol–water partition coefficient (Wildman–Crippen LogP) is 11.4. The van der Waals surface area contributed by atoms with Gasteiger partial charge < -0.3 is 19.5 Å². The van der Waals surface area contributed by atoms with Gasteiger partial charge in [0.05, 0.1) is 21.1 Å². The minimum absolute atomic E-state index is 0.248. The zero-order chi connectivity index (χ0) is 35.8. The van der Waals surface area contributed by atoms with Crippen LogP contribution in [0.4, 0.5) is 0 Å². The van der Waals surface area contributed by atoms with Gasteiger partial charge in [-0.05, 0) is 12.8 Å². The zero-order valence-corrected chi connectivity index (χ0v) is 33.2. The van der Waals surface area contributed by atoms with Gasteiger partial charge in [0.25, 0.3) is 0 Å². The summed E-state index contributed by atoms with van der Waals surface area (Å²) in [6.07, 6.45) is 39.9. The number of carbonyl (C=O) groups is 2. The fourth-order valence-electron chi connectivity index (χ4n) is 7.65. The van der Waals surface area contributed by atoms with Crippen LogP contribution in [0.1, 0.15) is 232 Å². The number of nitrogens with zero attached hydrogens (tertiary/aromatic N) is 1. The second-order valence-electron chi connectivity index (χ2n) is 16.3. The summed E-state index contributed by atoms with van der Waals surface area (Å²) in [4.78, 5) is 25.2. The molecule has 5 nitrogen and oxygen atoms in total. The number of carbonyl (C=O) groups excluding carboxylic acids is 2. The fraction of sp³-hybridized carbons (Fsp3) is 0.953. The van der Waals surface area contributed by atoms with E-state index < -0.39 is 24.0 Å². The summed E-state index contributed by atoms with van der Waals surface area (Å²) in [5, 5.41) is 23.5. The summed E-state index contributed by atoms with van der Waals surface area (Å²) in [5.74, 6) is -1.65. The van der Waals surface area contributed by atoms with E-state index in [1.54, 1.807) is 0 Å². The second kappa shape index (κ2) is 32.0. The Morgan fingerprint density at radius 2 is 0.771 bits per heavy atom. The van der Waals surface area contributed by atoms with Crippen molar-refractivity contribution in [1.29, 1.82) is 0 Å². The molecule has 0 aromatic carbocycles. The maximum absolute atomic E-state index is 13.4. The minimum Gasteiger partial charge on any atom is -0.550 e. The number of Topliss-reactive ketones (excluding diaryl/α,β-unsaturated/α-hetero) is 1. The predicted molar refractivity (Wildman–Crippen MR) is 205 cm³/mol. The van der Waals surface area contributed by atoms with Gasteiger partial charge in [0.2, 0.25) is 0 Å². The van der Waals surface area contributed by atoms with Crippen LogP contribution in [0, 0.1) is 0 Å². The maximum atomic E-state index is 13.4. The smallest absolute Gasteiger partial charge is 0.179 e. The van der Waals surface area contributed by atoms with Crippen molar-refractivity contribution in [2.75, 3.05) is 21.1 Å². The van der Waals surface area contributed by atoms with Gasteiger partial charge in [0.15, 0.2) is 11.4 Å². The highest BCUT2D eigenvalue weighted by atomic mass is 16.4. The van der Waals surface area contributed by atoms with Crippen molar-refractivity contribution in [2.45, 2.75) is 244 Å². The Morgan fingerprint density at radius 1 is 0.500 bits per heavy atom. The molecule has 0 bridgehead atoms. The fourth-order valence-corrected chi connectivity index (χ4v) is 7.65. The van der Waals surface area contributed by atoms with Gasteiger partial charge >= 0.3 is 0 Å². The standard InChI is InChI=1S/C43H85NO4/c1-6-8-10-12-14-16-18-20-22-24-25-27-29-31-33-35-37-40(44(3,4)5)43(48,39-42(46)47)41(45)38-36-34-32-30-28-26-23-21-19-17-15-13-11-9-7-2/h40,48H,6-39H2,1-5H3. The van der Waals surface area contributed by atoms with E-state index in [0.29, 0.717) is 10.9 Å². The van der Waals surface area contributed by atoms with Crippen molar-refractivity contribution >= 4 is 11.8 Å². The van der Waals surface area contributed by atoms with Crippen LogP contribution in [0.5, 0.6) is 0 Å². The van der Waals surface area contributed by atoms with Gasteiger partial charge in [-0.25, -0.2) is 0 Å². The van der Waals surface area contributed by atoms with Gasteiger partial charge in [-0.3, -0.25) is 4.79 Å². The lowest BCUT2D eigenvalue weighted by molar-refractivity contribution is -0.902. The van der Waals surface area contributed by atoms with Crippen LogP contribution < -0.4 is 5.11 Å². The molecule has 1 N–H and O–H groups in total. The number of likely N-dealkylation sites (N-methyl/N-ethyl adjacent to an activating group) is 1. The number of aliphatic hydroxyl groups is 1. The summed E-state index contributed by atoms with van der Waals surface area (Å²) < 4.78 is 0.368. The summed E-state index contributed by atoms with van der Waals surface area (Å²) in [6, 6.07) is -0.453. The Bertz CT molecular complexity index is 733. The van der Waals surface area contributed by atoms with Crippen LogP contribution in [0.15, 0.2) is 0 Å². The first kappa shape index (κ1) is 47.1. The number of hydrogen-bond donors (Lipinski definition) is 1. The van der Waals surface area contributed by atoms with Crippen LogP contribution in [-0.4, -0.2) is 54.1 Å². The molecule has 0 radical (unpaired) electrons. The summed E-state index contributed by atoms with van der Waals surface area (Å²) in [5.41, 5.74) is -1.87. The molecule has 0 aromatic rings. The number of unbranched alkanes of at least 4 members (excludes halogenated alkanes) is 29. The minimum atomic E-state index is -1.87. The van der Waals surface area contributed by atoms with Gasteiger partial charge in [-0.1, -0.05) is 200 Å². The average Bonchev–Trinajstić information content (AvgIpc) is 3.03. The van der Waals surface area contributed by atoms with Crippen molar-refractivity contribution in [3.05, 3.63) is 0 Å². The maximum Gasteiger partial charge on any atom is 0.179 e. The molecule has 2 atom stereocenters. The quantitative estimate of drug-likeness (QED) is 0.0520. The van der Waals surface area contributed by atoms with Crippen LogP contribution in [0.3, 0.4) is 0 Å². The van der Waals surface area contributed by atoms with Crippen molar-refractivity contribution < 1.29 is 24.3 Å². The highest BCUT2D eigenvalue weighted by Crippen LogP contribution is 2.30. The third-order valence-corrected chi connectivity index (χ3v) is 10.7. The van der Waals surface area contributed by atoms with E-state index in [4.69, 9.17) is 0 Å². The van der Waals surface area contributed by atoms with Crippen LogP contribution >= 0.6 is 0 Å². The van der Waals surface area contributed by atoms with Gasteiger partial charge in [0, 0.05) is 25.2 Å². The molecule has 0 fully saturated rings. The number of ketones is 1. The zero-order valence-electron chi connectivity index (χ0n) is 33.2. The first-order valence-corrected chi connectivity index (χ1v) is 21.4. The van der Waals surface area contributed by atoms with Crippen molar-refractivity contribution in [3.8, 4) is 0 Å². The number of rotatable bonds is 38. The average molecular weight is 680 g/mol. The number of quaternary nitrogens is 1.